The standard InChI is InChI=1S/C10H7ClO2/c1-13-9-5-4-8(3-2-6-12)10(11)7-9/h4-7H,1H3. The lowest BCUT2D eigenvalue weighted by atomic mass is 10.2. The summed E-state index contributed by atoms with van der Waals surface area (Å²) in [5, 5.41) is 0.480. The first-order valence-corrected chi connectivity index (χ1v) is 3.94. The van der Waals surface area contributed by atoms with Crippen LogP contribution in [0.1, 0.15) is 5.56 Å². The molecule has 0 N–H and O–H groups in total. The van der Waals surface area contributed by atoms with Gasteiger partial charge in [0.05, 0.1) is 12.1 Å². The fourth-order valence-electron chi connectivity index (χ4n) is 0.831. The van der Waals surface area contributed by atoms with Crippen molar-refractivity contribution in [3.63, 3.8) is 0 Å². The monoisotopic (exact) mass is 194 g/mol. The summed E-state index contributed by atoms with van der Waals surface area (Å²) in [6.45, 7) is 0. The molecule has 13 heavy (non-hydrogen) atoms. The normalized spacial score (nSPS) is 8.46. The lowest BCUT2D eigenvalue weighted by Gasteiger charge is -2.00. The van der Waals surface area contributed by atoms with E-state index in [1.54, 1.807) is 25.3 Å². The van der Waals surface area contributed by atoms with Gasteiger partial charge in [0.1, 0.15) is 5.75 Å². The Balaban J connectivity index is 3.05. The summed E-state index contributed by atoms with van der Waals surface area (Å²) in [5.41, 5.74) is 0.620. The van der Waals surface area contributed by atoms with Crippen LogP contribution in [0.3, 0.4) is 0 Å². The Morgan fingerprint density at radius 3 is 2.85 bits per heavy atom. The van der Waals surface area contributed by atoms with Crippen molar-refractivity contribution in [3.05, 3.63) is 28.8 Å². The van der Waals surface area contributed by atoms with Crippen molar-refractivity contribution in [3.8, 4) is 17.6 Å². The van der Waals surface area contributed by atoms with Crippen molar-refractivity contribution in [2.24, 2.45) is 0 Å². The number of hydrogen-bond acceptors (Lipinski definition) is 2. The molecule has 1 rings (SSSR count). The van der Waals surface area contributed by atoms with Gasteiger partial charge in [-0.15, -0.1) is 0 Å². The number of carbonyl (C=O) groups excluding carboxylic acids is 1. The second-order valence-electron chi connectivity index (χ2n) is 2.23. The van der Waals surface area contributed by atoms with Crippen LogP contribution in [0, 0.1) is 11.8 Å². The Hall–Kier alpha value is -1.46. The molecule has 0 radical (unpaired) electrons. The van der Waals surface area contributed by atoms with Crippen LogP contribution in [-0.4, -0.2) is 13.4 Å². The minimum absolute atomic E-state index is 0.480. The Bertz CT molecular complexity index is 374. The molecule has 0 heterocycles. The summed E-state index contributed by atoms with van der Waals surface area (Å²) in [5.74, 6) is 5.56. The summed E-state index contributed by atoms with van der Waals surface area (Å²) in [6.07, 6.45) is 0.528. The maximum Gasteiger partial charge on any atom is 0.193 e. The van der Waals surface area contributed by atoms with Gasteiger partial charge in [-0.05, 0) is 24.1 Å². The molecule has 0 saturated carbocycles. The molecule has 0 fully saturated rings. The maximum atomic E-state index is 9.97. The number of methoxy groups -OCH3 is 1. The summed E-state index contributed by atoms with van der Waals surface area (Å²) in [4.78, 5) is 9.97. The SMILES string of the molecule is COc1ccc(C#CC=O)c(Cl)c1. The molecule has 0 bridgehead atoms. The summed E-state index contributed by atoms with van der Waals surface area (Å²) >= 11 is 5.85. The molecule has 66 valence electrons. The van der Waals surface area contributed by atoms with E-state index in [1.165, 1.54) is 0 Å². The van der Waals surface area contributed by atoms with Gasteiger partial charge in [0.15, 0.2) is 6.29 Å². The van der Waals surface area contributed by atoms with Gasteiger partial charge in [0, 0.05) is 5.56 Å². The van der Waals surface area contributed by atoms with Crippen LogP contribution in [0.4, 0.5) is 0 Å². The predicted molar refractivity (Wildman–Crippen MR) is 50.9 cm³/mol. The minimum atomic E-state index is 0.480. The van der Waals surface area contributed by atoms with E-state index in [1.807, 2.05) is 0 Å². The van der Waals surface area contributed by atoms with Crippen LogP contribution >= 0.6 is 11.6 Å². The van der Waals surface area contributed by atoms with Crippen molar-refractivity contribution in [2.75, 3.05) is 7.11 Å². The van der Waals surface area contributed by atoms with Crippen molar-refractivity contribution in [2.45, 2.75) is 0 Å². The zero-order valence-electron chi connectivity index (χ0n) is 7.00. The number of benzene rings is 1. The van der Waals surface area contributed by atoms with E-state index in [9.17, 15) is 4.79 Å². The molecule has 1 aromatic rings. The van der Waals surface area contributed by atoms with Gasteiger partial charge < -0.3 is 4.74 Å². The van der Waals surface area contributed by atoms with Gasteiger partial charge in [-0.1, -0.05) is 17.5 Å². The third kappa shape index (κ3) is 2.50. The molecular weight excluding hydrogens is 188 g/mol. The van der Waals surface area contributed by atoms with Crippen LogP contribution in [0.2, 0.25) is 5.02 Å². The van der Waals surface area contributed by atoms with Crippen LogP contribution in [-0.2, 0) is 4.79 Å². The number of aldehydes is 1. The molecule has 0 atom stereocenters. The number of halogens is 1. The summed E-state index contributed by atoms with van der Waals surface area (Å²) in [7, 11) is 1.56. The first-order chi connectivity index (χ1) is 6.27. The highest BCUT2D eigenvalue weighted by Gasteiger charge is 1.98. The quantitative estimate of drug-likeness (QED) is 0.504. The van der Waals surface area contributed by atoms with Gasteiger partial charge in [-0.2, -0.15) is 0 Å². The molecular formula is C10H7ClO2. The van der Waals surface area contributed by atoms with Gasteiger partial charge in [0.2, 0.25) is 0 Å². The van der Waals surface area contributed by atoms with Crippen LogP contribution in [0.5, 0.6) is 5.75 Å². The van der Waals surface area contributed by atoms with E-state index in [-0.39, 0.29) is 0 Å². The van der Waals surface area contributed by atoms with Crippen LogP contribution < -0.4 is 4.74 Å². The highest BCUT2D eigenvalue weighted by Crippen LogP contribution is 2.21. The molecule has 3 heteroatoms. The van der Waals surface area contributed by atoms with Crippen molar-refractivity contribution in [1.82, 2.24) is 0 Å². The van der Waals surface area contributed by atoms with Gasteiger partial charge in [0.25, 0.3) is 0 Å². The molecule has 0 aromatic heterocycles. The molecule has 0 amide bonds. The summed E-state index contributed by atoms with van der Waals surface area (Å²) in [6, 6.07) is 5.09. The third-order valence-corrected chi connectivity index (χ3v) is 1.75. The smallest absolute Gasteiger partial charge is 0.193 e. The Labute approximate surface area is 81.5 Å². The van der Waals surface area contributed by atoms with Crippen LogP contribution in [0.15, 0.2) is 18.2 Å². The predicted octanol–water partition coefficient (Wildman–Crippen LogP) is 1.90. The zero-order chi connectivity index (χ0) is 9.68. The fourth-order valence-corrected chi connectivity index (χ4v) is 1.05. The van der Waals surface area contributed by atoms with E-state index < -0.39 is 0 Å². The molecule has 0 saturated heterocycles. The fraction of sp³-hybridized carbons (Fsp3) is 0.100. The maximum absolute atomic E-state index is 9.97. The number of carbonyl (C=O) groups is 1. The zero-order valence-corrected chi connectivity index (χ0v) is 7.76. The van der Waals surface area contributed by atoms with Gasteiger partial charge in [-0.3, -0.25) is 4.79 Å². The lowest BCUT2D eigenvalue weighted by Crippen LogP contribution is -1.84. The Morgan fingerprint density at radius 1 is 1.54 bits per heavy atom. The largest absolute Gasteiger partial charge is 0.497 e. The van der Waals surface area contributed by atoms with E-state index in [0.29, 0.717) is 22.6 Å². The van der Waals surface area contributed by atoms with Crippen LogP contribution in [0.25, 0.3) is 0 Å². The topological polar surface area (TPSA) is 26.3 Å². The number of ether oxygens (including phenoxy) is 1. The van der Waals surface area contributed by atoms with Crippen molar-refractivity contribution >= 4 is 17.9 Å². The highest BCUT2D eigenvalue weighted by atomic mass is 35.5. The van der Waals surface area contributed by atoms with E-state index >= 15 is 0 Å². The van der Waals surface area contributed by atoms with Gasteiger partial charge in [-0.25, -0.2) is 0 Å². The first kappa shape index (κ1) is 9.63. The average Bonchev–Trinajstić information content (AvgIpc) is 2.16. The second-order valence-corrected chi connectivity index (χ2v) is 2.64. The third-order valence-electron chi connectivity index (χ3n) is 1.44. The average molecular weight is 195 g/mol. The first-order valence-electron chi connectivity index (χ1n) is 3.56. The molecule has 0 aliphatic carbocycles. The van der Waals surface area contributed by atoms with Crippen molar-refractivity contribution in [1.29, 1.82) is 0 Å². The summed E-state index contributed by atoms with van der Waals surface area (Å²) < 4.78 is 4.95. The highest BCUT2D eigenvalue weighted by molar-refractivity contribution is 6.31. The molecule has 0 spiro atoms. The molecule has 0 aliphatic heterocycles. The molecule has 0 aliphatic rings. The number of hydrogen-bond donors (Lipinski definition) is 0. The number of rotatable bonds is 1. The minimum Gasteiger partial charge on any atom is -0.497 e. The van der Waals surface area contributed by atoms with Crippen molar-refractivity contribution < 1.29 is 9.53 Å². The Morgan fingerprint density at radius 2 is 2.31 bits per heavy atom. The Kier molecular flexibility index (Phi) is 3.36. The molecule has 1 aromatic carbocycles. The van der Waals surface area contributed by atoms with E-state index in [2.05, 4.69) is 11.8 Å². The lowest BCUT2D eigenvalue weighted by molar-refractivity contribution is -0.103. The molecule has 0 unspecified atom stereocenters. The van der Waals surface area contributed by atoms with E-state index in [4.69, 9.17) is 16.3 Å². The second kappa shape index (κ2) is 4.54. The molecule has 2 nitrogen and oxygen atoms in total. The van der Waals surface area contributed by atoms with Gasteiger partial charge >= 0.3 is 0 Å². The van der Waals surface area contributed by atoms with E-state index in [0.717, 1.165) is 0 Å².